The van der Waals surface area contributed by atoms with Gasteiger partial charge in [0.2, 0.25) is 0 Å². The first-order chi connectivity index (χ1) is 11.7. The third kappa shape index (κ3) is 4.72. The van der Waals surface area contributed by atoms with Crippen LogP contribution in [0.1, 0.15) is 28.9 Å². The SMILES string of the molecule is CC(O)c1c(O)cccc1[N+](=O)[O-].O=Cc1c(O)cccc1[N+](=O)[O-]. The highest BCUT2D eigenvalue weighted by Gasteiger charge is 2.20. The smallest absolute Gasteiger partial charge is 0.283 e. The predicted molar refractivity (Wildman–Crippen MR) is 85.5 cm³/mol. The van der Waals surface area contributed by atoms with Crippen molar-refractivity contribution in [1.29, 1.82) is 0 Å². The van der Waals surface area contributed by atoms with Gasteiger partial charge in [0.25, 0.3) is 11.4 Å². The molecule has 1 atom stereocenters. The maximum absolute atomic E-state index is 10.5. The number of aromatic hydroxyl groups is 2. The molecule has 0 bridgehead atoms. The fourth-order valence-electron chi connectivity index (χ4n) is 1.95. The molecule has 2 aromatic carbocycles. The van der Waals surface area contributed by atoms with Crippen LogP contribution in [-0.2, 0) is 0 Å². The fourth-order valence-corrected chi connectivity index (χ4v) is 1.95. The van der Waals surface area contributed by atoms with Gasteiger partial charge in [-0.3, -0.25) is 25.0 Å². The number of aldehydes is 1. The molecule has 0 heterocycles. The molecular weight excluding hydrogens is 336 g/mol. The molecule has 10 nitrogen and oxygen atoms in total. The molecule has 0 saturated heterocycles. The number of nitro benzene ring substituents is 2. The van der Waals surface area contributed by atoms with Gasteiger partial charge < -0.3 is 15.3 Å². The van der Waals surface area contributed by atoms with Crippen LogP contribution in [0.2, 0.25) is 0 Å². The molecule has 3 N–H and O–H groups in total. The highest BCUT2D eigenvalue weighted by Crippen LogP contribution is 2.32. The normalized spacial score (nSPS) is 11.0. The second-order valence-corrected chi connectivity index (χ2v) is 4.73. The van der Waals surface area contributed by atoms with Crippen molar-refractivity contribution in [2.45, 2.75) is 13.0 Å². The molecule has 2 aromatic rings. The van der Waals surface area contributed by atoms with Crippen LogP contribution in [-0.4, -0.2) is 31.5 Å². The summed E-state index contributed by atoms with van der Waals surface area (Å²) in [6.45, 7) is 1.36. The van der Waals surface area contributed by atoms with Gasteiger partial charge in [-0.25, -0.2) is 0 Å². The predicted octanol–water partition coefficient (Wildman–Crippen LogP) is 2.47. The monoisotopic (exact) mass is 350 g/mol. The van der Waals surface area contributed by atoms with E-state index in [0.717, 1.165) is 6.07 Å². The maximum Gasteiger partial charge on any atom is 0.283 e. The van der Waals surface area contributed by atoms with E-state index >= 15 is 0 Å². The minimum Gasteiger partial charge on any atom is -0.507 e. The van der Waals surface area contributed by atoms with Gasteiger partial charge in [0.15, 0.2) is 6.29 Å². The Hall–Kier alpha value is -3.53. The van der Waals surface area contributed by atoms with Gasteiger partial charge in [0.05, 0.1) is 21.5 Å². The van der Waals surface area contributed by atoms with Gasteiger partial charge in [-0.15, -0.1) is 0 Å². The van der Waals surface area contributed by atoms with Crippen LogP contribution < -0.4 is 0 Å². The molecule has 25 heavy (non-hydrogen) atoms. The molecule has 10 heteroatoms. The number of rotatable bonds is 4. The quantitative estimate of drug-likeness (QED) is 0.430. The van der Waals surface area contributed by atoms with E-state index < -0.39 is 16.0 Å². The van der Waals surface area contributed by atoms with Crippen molar-refractivity contribution in [3.63, 3.8) is 0 Å². The van der Waals surface area contributed by atoms with E-state index in [1.54, 1.807) is 0 Å². The molecule has 0 aliphatic carbocycles. The fraction of sp³-hybridized carbons (Fsp3) is 0.133. The van der Waals surface area contributed by atoms with Crippen molar-refractivity contribution < 1.29 is 30.0 Å². The maximum atomic E-state index is 10.5. The lowest BCUT2D eigenvalue weighted by Crippen LogP contribution is -1.99. The summed E-state index contributed by atoms with van der Waals surface area (Å²) in [7, 11) is 0. The summed E-state index contributed by atoms with van der Waals surface area (Å²) in [6, 6.07) is 7.58. The molecular formula is C15H14N2O8. The Kier molecular flexibility index (Phi) is 6.52. The molecule has 0 aliphatic rings. The largest absolute Gasteiger partial charge is 0.507 e. The highest BCUT2D eigenvalue weighted by molar-refractivity contribution is 5.85. The lowest BCUT2D eigenvalue weighted by atomic mass is 10.1. The minimum atomic E-state index is -1.05. The summed E-state index contributed by atoms with van der Waals surface area (Å²) in [5.74, 6) is -0.636. The number of phenolic OH excluding ortho intramolecular Hbond substituents is 2. The molecule has 0 saturated carbocycles. The highest BCUT2D eigenvalue weighted by atomic mass is 16.6. The van der Waals surface area contributed by atoms with E-state index in [0.29, 0.717) is 0 Å². The lowest BCUT2D eigenvalue weighted by molar-refractivity contribution is -0.386. The summed E-state index contributed by atoms with van der Waals surface area (Å²) >= 11 is 0. The van der Waals surface area contributed by atoms with Crippen LogP contribution in [0.5, 0.6) is 11.5 Å². The number of hydrogen-bond donors (Lipinski definition) is 3. The van der Waals surface area contributed by atoms with Crippen LogP contribution in [0.4, 0.5) is 11.4 Å². The van der Waals surface area contributed by atoms with Crippen LogP contribution in [0.25, 0.3) is 0 Å². The van der Waals surface area contributed by atoms with E-state index in [4.69, 9.17) is 10.2 Å². The number of benzene rings is 2. The third-order valence-electron chi connectivity index (χ3n) is 3.05. The van der Waals surface area contributed by atoms with E-state index in [2.05, 4.69) is 0 Å². The Morgan fingerprint density at radius 2 is 1.44 bits per heavy atom. The molecule has 0 aliphatic heterocycles. The van der Waals surface area contributed by atoms with Gasteiger partial charge >= 0.3 is 0 Å². The van der Waals surface area contributed by atoms with Gasteiger partial charge in [-0.05, 0) is 19.1 Å². The summed E-state index contributed by atoms with van der Waals surface area (Å²) in [5, 5.41) is 48.2. The van der Waals surface area contributed by atoms with Crippen molar-refractivity contribution in [1.82, 2.24) is 0 Å². The molecule has 0 radical (unpaired) electrons. The first kappa shape index (κ1) is 19.5. The average Bonchev–Trinajstić information content (AvgIpc) is 2.54. The Morgan fingerprint density at radius 3 is 1.80 bits per heavy atom. The van der Waals surface area contributed by atoms with Crippen LogP contribution >= 0.6 is 0 Å². The Morgan fingerprint density at radius 1 is 0.960 bits per heavy atom. The Bertz CT molecular complexity index is 804. The standard InChI is InChI=1S/C8H9NO4.C7H5NO4/c1-5(10)8-6(9(12)13)3-2-4-7(8)11;9-4-5-6(8(11)12)2-1-3-7(5)10/h2-5,10-11H,1H3;1-4,10H. The zero-order valence-corrected chi connectivity index (χ0v) is 12.9. The third-order valence-corrected chi connectivity index (χ3v) is 3.05. The number of aliphatic hydroxyl groups is 1. The summed E-state index contributed by atoms with van der Waals surface area (Å²) < 4.78 is 0. The number of carbonyl (C=O) groups excluding carboxylic acids is 1. The second-order valence-electron chi connectivity index (χ2n) is 4.73. The molecule has 0 fully saturated rings. The second kappa shape index (κ2) is 8.36. The van der Waals surface area contributed by atoms with Gasteiger partial charge in [-0.1, -0.05) is 12.1 Å². The molecule has 0 amide bonds. The lowest BCUT2D eigenvalue weighted by Gasteiger charge is -2.06. The molecule has 1 unspecified atom stereocenters. The number of nitro groups is 2. The molecule has 0 aromatic heterocycles. The van der Waals surface area contributed by atoms with Crippen LogP contribution in [0.15, 0.2) is 36.4 Å². The Balaban J connectivity index is 0.000000251. The van der Waals surface area contributed by atoms with E-state index in [-0.39, 0.29) is 40.3 Å². The van der Waals surface area contributed by atoms with Crippen molar-refractivity contribution in [2.24, 2.45) is 0 Å². The number of hydrogen-bond acceptors (Lipinski definition) is 8. The number of aliphatic hydroxyl groups excluding tert-OH is 1. The first-order valence-electron chi connectivity index (χ1n) is 6.76. The zero-order chi connectivity index (χ0) is 19.1. The minimum absolute atomic E-state index is 0.0486. The van der Waals surface area contributed by atoms with Gasteiger partial charge in [0, 0.05) is 12.1 Å². The van der Waals surface area contributed by atoms with Gasteiger partial charge in [-0.2, -0.15) is 0 Å². The summed E-state index contributed by atoms with van der Waals surface area (Å²) in [4.78, 5) is 29.7. The number of phenols is 2. The molecule has 132 valence electrons. The molecule has 0 spiro atoms. The Labute approximate surface area is 140 Å². The van der Waals surface area contributed by atoms with E-state index in [1.807, 2.05) is 0 Å². The van der Waals surface area contributed by atoms with Crippen molar-refractivity contribution in [3.05, 3.63) is 67.8 Å². The summed E-state index contributed by atoms with van der Waals surface area (Å²) in [5.41, 5.74) is -0.991. The summed E-state index contributed by atoms with van der Waals surface area (Å²) in [6.07, 6.45) is -0.797. The molecule has 2 rings (SSSR count). The first-order valence-corrected chi connectivity index (χ1v) is 6.76. The van der Waals surface area contributed by atoms with Crippen LogP contribution in [0.3, 0.4) is 0 Å². The van der Waals surface area contributed by atoms with Gasteiger partial charge in [0.1, 0.15) is 17.1 Å². The van der Waals surface area contributed by atoms with Crippen molar-refractivity contribution in [3.8, 4) is 11.5 Å². The van der Waals surface area contributed by atoms with Crippen molar-refractivity contribution in [2.75, 3.05) is 0 Å². The average molecular weight is 350 g/mol. The van der Waals surface area contributed by atoms with E-state index in [1.165, 1.54) is 37.3 Å². The number of nitrogens with zero attached hydrogens (tertiary/aromatic N) is 2. The number of carbonyl (C=O) groups is 1. The zero-order valence-electron chi connectivity index (χ0n) is 12.9. The topological polar surface area (TPSA) is 164 Å². The van der Waals surface area contributed by atoms with Crippen LogP contribution in [0, 0.1) is 20.2 Å². The van der Waals surface area contributed by atoms with Crippen molar-refractivity contribution >= 4 is 17.7 Å². The van der Waals surface area contributed by atoms with E-state index in [9.17, 15) is 30.1 Å².